The number of hydrogen-bond donors (Lipinski definition) is 2. The summed E-state index contributed by atoms with van der Waals surface area (Å²) in [5.41, 5.74) is 2.26. The van der Waals surface area contributed by atoms with Gasteiger partial charge in [-0.1, -0.05) is 12.1 Å². The SMILES string of the molecule is CC=C(C)C(=O)N(CCCc1ccc2c(c1)C(=O)N(C1CCC(=O)NC1=O)C2=O)C(C(=O)NCC)c1ccoc1C. The summed E-state index contributed by atoms with van der Waals surface area (Å²) >= 11 is 0. The van der Waals surface area contributed by atoms with Gasteiger partial charge in [0.15, 0.2) is 0 Å². The molecule has 6 amide bonds. The highest BCUT2D eigenvalue weighted by Gasteiger charge is 2.44. The molecule has 2 aliphatic rings. The second-order valence-electron chi connectivity index (χ2n) is 10.1. The molecule has 2 N–H and O–H groups in total. The van der Waals surface area contributed by atoms with Crippen molar-refractivity contribution in [2.24, 2.45) is 0 Å². The van der Waals surface area contributed by atoms with Gasteiger partial charge in [0, 0.05) is 30.6 Å². The summed E-state index contributed by atoms with van der Waals surface area (Å²) in [6, 6.07) is 4.70. The molecule has 0 saturated carbocycles. The van der Waals surface area contributed by atoms with Gasteiger partial charge in [0.2, 0.25) is 23.6 Å². The molecule has 0 radical (unpaired) electrons. The standard InChI is InChI=1S/C30H34N4O7/c1-5-17(3)28(38)33(25(27(37)31-6-2)20-13-15-41-18(20)4)14-7-8-19-9-10-21-22(16-19)30(40)34(29(21)39)23-11-12-24(35)32-26(23)36/h5,9-10,13,15-16,23,25H,6-8,11-12,14H2,1-4H3,(H,31,37)(H,32,35,36). The number of likely N-dealkylation sites (N-methyl/N-ethyl adjacent to an activating group) is 1. The van der Waals surface area contributed by atoms with E-state index in [9.17, 15) is 28.8 Å². The van der Waals surface area contributed by atoms with E-state index in [2.05, 4.69) is 10.6 Å². The van der Waals surface area contributed by atoms with Crippen LogP contribution in [-0.4, -0.2) is 64.4 Å². The zero-order chi connectivity index (χ0) is 29.8. The van der Waals surface area contributed by atoms with E-state index in [0.717, 1.165) is 10.5 Å². The minimum atomic E-state index is -1.03. The maximum absolute atomic E-state index is 13.4. The summed E-state index contributed by atoms with van der Waals surface area (Å²) in [4.78, 5) is 79.1. The van der Waals surface area contributed by atoms with Gasteiger partial charge in [0.05, 0.1) is 17.4 Å². The Labute approximate surface area is 237 Å². The van der Waals surface area contributed by atoms with E-state index >= 15 is 0 Å². The summed E-state index contributed by atoms with van der Waals surface area (Å²) in [5, 5.41) is 5.01. The number of furan rings is 1. The number of hydrogen-bond acceptors (Lipinski definition) is 7. The molecule has 11 nitrogen and oxygen atoms in total. The highest BCUT2D eigenvalue weighted by atomic mass is 16.3. The van der Waals surface area contributed by atoms with Gasteiger partial charge in [-0.3, -0.25) is 39.0 Å². The number of aryl methyl sites for hydroxylation is 2. The van der Waals surface area contributed by atoms with Crippen molar-refractivity contribution >= 4 is 35.4 Å². The molecule has 0 spiro atoms. The van der Waals surface area contributed by atoms with Crippen molar-refractivity contribution in [1.29, 1.82) is 0 Å². The molecule has 4 rings (SSSR count). The summed E-state index contributed by atoms with van der Waals surface area (Å²) in [5.74, 6) is -2.28. The second kappa shape index (κ2) is 12.3. The van der Waals surface area contributed by atoms with Crippen LogP contribution >= 0.6 is 0 Å². The molecule has 2 aromatic rings. The quantitative estimate of drug-likeness (QED) is 0.334. The maximum Gasteiger partial charge on any atom is 0.262 e. The Morgan fingerprint density at radius 1 is 1.17 bits per heavy atom. The molecule has 0 aliphatic carbocycles. The van der Waals surface area contributed by atoms with Gasteiger partial charge in [-0.15, -0.1) is 0 Å². The summed E-state index contributed by atoms with van der Waals surface area (Å²) in [7, 11) is 0. The van der Waals surface area contributed by atoms with Crippen molar-refractivity contribution in [2.45, 2.75) is 65.5 Å². The Morgan fingerprint density at radius 3 is 2.54 bits per heavy atom. The van der Waals surface area contributed by atoms with Gasteiger partial charge in [-0.25, -0.2) is 0 Å². The number of amides is 6. The number of nitrogens with zero attached hydrogens (tertiary/aromatic N) is 2. The van der Waals surface area contributed by atoms with Gasteiger partial charge in [0.25, 0.3) is 11.8 Å². The monoisotopic (exact) mass is 562 g/mol. The number of imide groups is 2. The molecule has 3 heterocycles. The number of piperidine rings is 1. The van der Waals surface area contributed by atoms with E-state index in [1.165, 1.54) is 11.2 Å². The molecule has 216 valence electrons. The van der Waals surface area contributed by atoms with Gasteiger partial charge in [-0.2, -0.15) is 0 Å². The van der Waals surface area contributed by atoms with Crippen LogP contribution in [0.3, 0.4) is 0 Å². The molecule has 1 fully saturated rings. The first-order valence-corrected chi connectivity index (χ1v) is 13.7. The first-order valence-electron chi connectivity index (χ1n) is 13.7. The number of nitrogens with one attached hydrogen (secondary N) is 2. The average molecular weight is 563 g/mol. The fourth-order valence-electron chi connectivity index (χ4n) is 5.23. The van der Waals surface area contributed by atoms with Crippen molar-refractivity contribution in [2.75, 3.05) is 13.1 Å². The van der Waals surface area contributed by atoms with E-state index in [4.69, 9.17) is 4.42 Å². The van der Waals surface area contributed by atoms with Gasteiger partial charge < -0.3 is 14.6 Å². The first-order chi connectivity index (χ1) is 19.6. The van der Waals surface area contributed by atoms with E-state index in [-0.39, 0.29) is 42.3 Å². The number of carbonyl (C=O) groups is 6. The predicted octanol–water partition coefficient (Wildman–Crippen LogP) is 2.59. The van der Waals surface area contributed by atoms with Crippen LogP contribution in [-0.2, 0) is 25.6 Å². The Kier molecular flexibility index (Phi) is 8.85. The minimum absolute atomic E-state index is 0.0482. The third kappa shape index (κ3) is 5.84. The van der Waals surface area contributed by atoms with Crippen molar-refractivity contribution < 1.29 is 33.2 Å². The molecule has 1 aromatic carbocycles. The molecular formula is C30H34N4O7. The number of allylic oxidation sites excluding steroid dienone is 1. The van der Waals surface area contributed by atoms with Gasteiger partial charge in [-0.05, 0) is 70.7 Å². The lowest BCUT2D eigenvalue weighted by atomic mass is 10.0. The topological polar surface area (TPSA) is 146 Å². The van der Waals surface area contributed by atoms with Crippen molar-refractivity contribution in [3.8, 4) is 0 Å². The number of fused-ring (bicyclic) bond motifs is 1. The van der Waals surface area contributed by atoms with Crippen molar-refractivity contribution in [3.05, 3.63) is 70.2 Å². The highest BCUT2D eigenvalue weighted by molar-refractivity contribution is 6.23. The number of benzene rings is 1. The molecule has 1 aromatic heterocycles. The number of carbonyl (C=O) groups excluding carboxylic acids is 6. The normalized spacial score (nSPS) is 17.8. The highest BCUT2D eigenvalue weighted by Crippen LogP contribution is 2.30. The molecule has 11 heteroatoms. The zero-order valence-electron chi connectivity index (χ0n) is 23.6. The van der Waals surface area contributed by atoms with E-state index in [0.29, 0.717) is 36.3 Å². The average Bonchev–Trinajstić information content (AvgIpc) is 3.47. The predicted molar refractivity (Wildman–Crippen MR) is 147 cm³/mol. The van der Waals surface area contributed by atoms with Crippen LogP contribution in [0.2, 0.25) is 0 Å². The molecule has 0 bridgehead atoms. The van der Waals surface area contributed by atoms with E-state index in [1.807, 2.05) is 6.92 Å². The molecule has 2 aliphatic heterocycles. The summed E-state index contributed by atoms with van der Waals surface area (Å²) in [6.45, 7) is 7.65. The molecule has 2 unspecified atom stereocenters. The Hall–Kier alpha value is -4.54. The summed E-state index contributed by atoms with van der Waals surface area (Å²) < 4.78 is 5.45. The molecule has 41 heavy (non-hydrogen) atoms. The van der Waals surface area contributed by atoms with Crippen LogP contribution < -0.4 is 10.6 Å². The fraction of sp³-hybridized carbons (Fsp3) is 0.400. The van der Waals surface area contributed by atoms with Crippen molar-refractivity contribution in [3.63, 3.8) is 0 Å². The van der Waals surface area contributed by atoms with Gasteiger partial charge in [0.1, 0.15) is 17.8 Å². The van der Waals surface area contributed by atoms with Crippen LogP contribution in [0.5, 0.6) is 0 Å². The second-order valence-corrected chi connectivity index (χ2v) is 10.1. The smallest absolute Gasteiger partial charge is 0.262 e. The Bertz CT molecular complexity index is 1440. The molecular weight excluding hydrogens is 528 g/mol. The van der Waals surface area contributed by atoms with Gasteiger partial charge >= 0.3 is 0 Å². The third-order valence-corrected chi connectivity index (χ3v) is 7.50. The Morgan fingerprint density at radius 2 is 1.90 bits per heavy atom. The summed E-state index contributed by atoms with van der Waals surface area (Å²) in [6.07, 6.45) is 4.24. The lowest BCUT2D eigenvalue weighted by molar-refractivity contribution is -0.138. The van der Waals surface area contributed by atoms with Crippen molar-refractivity contribution in [1.82, 2.24) is 20.4 Å². The van der Waals surface area contributed by atoms with Crippen LogP contribution in [0, 0.1) is 6.92 Å². The lowest BCUT2D eigenvalue weighted by Gasteiger charge is -2.31. The van der Waals surface area contributed by atoms with Crippen LogP contribution in [0.15, 0.2) is 46.6 Å². The van der Waals surface area contributed by atoms with E-state index in [1.54, 1.807) is 51.1 Å². The molecule has 1 saturated heterocycles. The van der Waals surface area contributed by atoms with Crippen LogP contribution in [0.4, 0.5) is 0 Å². The minimum Gasteiger partial charge on any atom is -0.469 e. The van der Waals surface area contributed by atoms with E-state index < -0.39 is 35.7 Å². The number of rotatable bonds is 10. The van der Waals surface area contributed by atoms with Crippen LogP contribution in [0.25, 0.3) is 0 Å². The molecule has 2 atom stereocenters. The van der Waals surface area contributed by atoms with Crippen LogP contribution in [0.1, 0.15) is 83.7 Å². The maximum atomic E-state index is 13.4. The fourth-order valence-corrected chi connectivity index (χ4v) is 5.23. The largest absolute Gasteiger partial charge is 0.469 e. The Balaban J connectivity index is 1.54. The zero-order valence-corrected chi connectivity index (χ0v) is 23.6. The third-order valence-electron chi connectivity index (χ3n) is 7.50. The first kappa shape index (κ1) is 29.4. The lowest BCUT2D eigenvalue weighted by Crippen LogP contribution is -2.54.